The zero-order valence-corrected chi connectivity index (χ0v) is 9.13. The van der Waals surface area contributed by atoms with Gasteiger partial charge in [-0.2, -0.15) is 5.10 Å². The number of nitrogens with zero attached hydrogens (tertiary/aromatic N) is 2. The van der Waals surface area contributed by atoms with Crippen LogP contribution in [0.4, 0.5) is 0 Å². The van der Waals surface area contributed by atoms with Gasteiger partial charge in [-0.15, -0.1) is 0 Å². The second-order valence-electron chi connectivity index (χ2n) is 2.13. The summed E-state index contributed by atoms with van der Waals surface area (Å²) in [5.74, 6) is 0. The lowest BCUT2D eigenvalue weighted by Crippen LogP contribution is -1.94. The average Bonchev–Trinajstić information content (AvgIpc) is 2.30. The molecular weight excluding hydrogens is 253 g/mol. The molecule has 0 fully saturated rings. The minimum Gasteiger partial charge on any atom is -0.344 e. The number of hydrogen-bond acceptors (Lipinski definition) is 2. The zero-order chi connectivity index (χ0) is 7.56. The Hall–Kier alpha value is -0.100. The first kappa shape index (κ1) is 10.9. The molecule has 0 radical (unpaired) electrons. The fourth-order valence-electron chi connectivity index (χ4n) is 0.839. The van der Waals surface area contributed by atoms with Gasteiger partial charge in [0, 0.05) is 12.7 Å². The molecule has 1 aromatic rings. The molecule has 0 atom stereocenters. The Balaban J connectivity index is 0.000001000. The molecule has 0 aromatic carbocycles. The molecule has 0 aliphatic carbocycles. The van der Waals surface area contributed by atoms with E-state index in [0.717, 1.165) is 13.0 Å². The van der Waals surface area contributed by atoms with Gasteiger partial charge < -0.3 is 6.15 Å². The summed E-state index contributed by atoms with van der Waals surface area (Å²) in [7, 11) is 0. The first-order valence-corrected chi connectivity index (χ1v) is 4.57. The molecule has 4 heteroatoms. The number of hydrogen-bond donors (Lipinski definition) is 1. The largest absolute Gasteiger partial charge is 0.344 e. The highest BCUT2D eigenvalue weighted by Crippen LogP contribution is 2.09. The van der Waals surface area contributed by atoms with Gasteiger partial charge in [0.15, 0.2) is 0 Å². The topological polar surface area (TPSA) is 52.8 Å². The van der Waals surface area contributed by atoms with Crippen molar-refractivity contribution in [2.24, 2.45) is 0 Å². The predicted octanol–water partition coefficient (Wildman–Crippen LogP) is 2.23. The zero-order valence-electron chi connectivity index (χ0n) is 6.97. The third-order valence-electron chi connectivity index (χ3n) is 1.45. The molecule has 1 heterocycles. The van der Waals surface area contributed by atoms with Gasteiger partial charge in [-0.25, -0.2) is 0 Å². The van der Waals surface area contributed by atoms with E-state index in [2.05, 4.69) is 47.7 Å². The van der Waals surface area contributed by atoms with Crippen LogP contribution in [0.2, 0.25) is 0 Å². The summed E-state index contributed by atoms with van der Waals surface area (Å²) < 4.78 is 3.25. The lowest BCUT2D eigenvalue weighted by Gasteiger charge is -1.90. The second-order valence-corrected chi connectivity index (χ2v) is 3.30. The number of aryl methyl sites for hydroxylation is 2. The van der Waals surface area contributed by atoms with Gasteiger partial charge in [0.05, 0.1) is 9.26 Å². The molecule has 64 valence electrons. The van der Waals surface area contributed by atoms with Crippen LogP contribution in [0.3, 0.4) is 0 Å². The molecule has 1 rings (SSSR count). The summed E-state index contributed by atoms with van der Waals surface area (Å²) in [6.07, 6.45) is 3.12. The van der Waals surface area contributed by atoms with Crippen molar-refractivity contribution in [3.8, 4) is 0 Å². The van der Waals surface area contributed by atoms with Crippen molar-refractivity contribution in [1.82, 2.24) is 15.9 Å². The van der Waals surface area contributed by atoms with E-state index in [0.29, 0.717) is 0 Å². The van der Waals surface area contributed by atoms with Crippen LogP contribution in [0.1, 0.15) is 19.5 Å². The molecule has 0 saturated heterocycles. The minimum absolute atomic E-state index is 0. The van der Waals surface area contributed by atoms with Crippen molar-refractivity contribution in [3.05, 3.63) is 15.5 Å². The Morgan fingerprint density at radius 1 is 1.55 bits per heavy atom. The lowest BCUT2D eigenvalue weighted by atomic mass is 10.4. The molecule has 0 aliphatic rings. The van der Waals surface area contributed by atoms with E-state index >= 15 is 0 Å². The molecule has 0 unspecified atom stereocenters. The lowest BCUT2D eigenvalue weighted by molar-refractivity contribution is 0.648. The van der Waals surface area contributed by atoms with Gasteiger partial charge in [0.2, 0.25) is 0 Å². The van der Waals surface area contributed by atoms with Gasteiger partial charge >= 0.3 is 0 Å². The molecule has 0 amide bonds. The van der Waals surface area contributed by atoms with Crippen molar-refractivity contribution >= 4 is 22.6 Å². The summed E-state index contributed by atoms with van der Waals surface area (Å²) in [6.45, 7) is 5.20. The van der Waals surface area contributed by atoms with E-state index in [9.17, 15) is 0 Å². The van der Waals surface area contributed by atoms with Crippen molar-refractivity contribution in [2.75, 3.05) is 0 Å². The highest BCUT2D eigenvalue weighted by Gasteiger charge is 2.01. The molecule has 11 heavy (non-hydrogen) atoms. The first-order chi connectivity index (χ1) is 4.77. The highest BCUT2D eigenvalue weighted by atomic mass is 127. The molecule has 0 saturated carbocycles. The summed E-state index contributed by atoms with van der Waals surface area (Å²) in [4.78, 5) is 0. The molecule has 0 aliphatic heterocycles. The quantitative estimate of drug-likeness (QED) is 0.835. The van der Waals surface area contributed by atoms with Crippen LogP contribution in [0, 0.1) is 3.57 Å². The van der Waals surface area contributed by atoms with E-state index in [1.165, 1.54) is 9.26 Å². The Bertz CT molecular complexity index is 219. The summed E-state index contributed by atoms with van der Waals surface area (Å²) in [5.41, 5.74) is 1.21. The van der Waals surface area contributed by atoms with E-state index < -0.39 is 0 Å². The van der Waals surface area contributed by atoms with Crippen molar-refractivity contribution in [3.63, 3.8) is 0 Å². The Labute approximate surface area is 80.9 Å². The second kappa shape index (κ2) is 4.71. The van der Waals surface area contributed by atoms with Crippen LogP contribution < -0.4 is 6.15 Å². The van der Waals surface area contributed by atoms with Crippen molar-refractivity contribution in [1.29, 1.82) is 0 Å². The van der Waals surface area contributed by atoms with Crippen LogP contribution in [-0.4, -0.2) is 9.78 Å². The SMILES string of the molecule is CCc1nn(CC)cc1I.N. The standard InChI is InChI=1S/C7H11IN2.H3N/c1-3-7-6(8)5-10(4-2)9-7;/h5H,3-4H2,1-2H3;1H3. The summed E-state index contributed by atoms with van der Waals surface area (Å²) in [6, 6.07) is 0. The van der Waals surface area contributed by atoms with Crippen LogP contribution in [-0.2, 0) is 13.0 Å². The van der Waals surface area contributed by atoms with Crippen molar-refractivity contribution < 1.29 is 0 Å². The number of aromatic nitrogens is 2. The maximum absolute atomic E-state index is 4.36. The first-order valence-electron chi connectivity index (χ1n) is 3.49. The fraction of sp³-hybridized carbons (Fsp3) is 0.571. The van der Waals surface area contributed by atoms with Gasteiger partial charge in [-0.05, 0) is 35.9 Å². The van der Waals surface area contributed by atoms with Crippen LogP contribution in [0.15, 0.2) is 6.20 Å². The Morgan fingerprint density at radius 3 is 2.45 bits per heavy atom. The molecular formula is C7H14IN3. The third kappa shape index (κ3) is 2.44. The Morgan fingerprint density at radius 2 is 2.18 bits per heavy atom. The van der Waals surface area contributed by atoms with Crippen LogP contribution in [0.5, 0.6) is 0 Å². The van der Waals surface area contributed by atoms with E-state index in [1.807, 2.05) is 4.68 Å². The molecule has 1 aromatic heterocycles. The third-order valence-corrected chi connectivity index (χ3v) is 2.35. The minimum atomic E-state index is 0. The van der Waals surface area contributed by atoms with Gasteiger partial charge in [0.1, 0.15) is 0 Å². The smallest absolute Gasteiger partial charge is 0.0755 e. The van der Waals surface area contributed by atoms with Gasteiger partial charge in [-0.1, -0.05) is 6.92 Å². The predicted molar refractivity (Wildman–Crippen MR) is 55.0 cm³/mol. The normalized spacial score (nSPS) is 9.36. The van der Waals surface area contributed by atoms with E-state index in [4.69, 9.17) is 0 Å². The van der Waals surface area contributed by atoms with Crippen molar-refractivity contribution in [2.45, 2.75) is 26.8 Å². The average molecular weight is 267 g/mol. The number of halogens is 1. The van der Waals surface area contributed by atoms with Crippen LogP contribution >= 0.6 is 22.6 Å². The van der Waals surface area contributed by atoms with E-state index in [1.54, 1.807) is 0 Å². The molecule has 0 spiro atoms. The molecule has 3 N–H and O–H groups in total. The van der Waals surface area contributed by atoms with Gasteiger partial charge in [0.25, 0.3) is 0 Å². The summed E-state index contributed by atoms with van der Waals surface area (Å²) in [5, 5.41) is 4.36. The maximum Gasteiger partial charge on any atom is 0.0755 e. The monoisotopic (exact) mass is 267 g/mol. The summed E-state index contributed by atoms with van der Waals surface area (Å²) >= 11 is 2.32. The fourth-order valence-corrected chi connectivity index (χ4v) is 1.65. The Kier molecular flexibility index (Phi) is 4.67. The molecule has 3 nitrogen and oxygen atoms in total. The van der Waals surface area contributed by atoms with Crippen LogP contribution in [0.25, 0.3) is 0 Å². The maximum atomic E-state index is 4.36. The van der Waals surface area contributed by atoms with E-state index in [-0.39, 0.29) is 6.15 Å². The van der Waals surface area contributed by atoms with Gasteiger partial charge in [-0.3, -0.25) is 4.68 Å². The molecule has 0 bridgehead atoms. The highest BCUT2D eigenvalue weighted by molar-refractivity contribution is 14.1. The number of rotatable bonds is 2.